The zero-order chi connectivity index (χ0) is 24.2. The predicted octanol–water partition coefficient (Wildman–Crippen LogP) is 8.31. The number of fused-ring (bicyclic) bond motifs is 1. The second-order valence-corrected chi connectivity index (χ2v) is 9.83. The summed E-state index contributed by atoms with van der Waals surface area (Å²) in [6.07, 6.45) is 1.17. The van der Waals surface area contributed by atoms with E-state index in [4.69, 9.17) is 0 Å². The molecule has 0 amide bonds. The van der Waals surface area contributed by atoms with E-state index in [0.29, 0.717) is 5.57 Å². The molecule has 0 saturated carbocycles. The fourth-order valence-electron chi connectivity index (χ4n) is 3.43. The number of benzene rings is 4. The van der Waals surface area contributed by atoms with Gasteiger partial charge in [-0.2, -0.15) is 0 Å². The van der Waals surface area contributed by atoms with Crippen molar-refractivity contribution in [3.63, 3.8) is 0 Å². The molecule has 0 bridgehead atoms. The lowest BCUT2D eigenvalue weighted by Gasteiger charge is -2.09. The average Bonchev–Trinajstić information content (AvgIpc) is 2.85. The summed E-state index contributed by atoms with van der Waals surface area (Å²) >= 11 is 2.00. The second-order valence-electron chi connectivity index (χ2n) is 7.74. The largest absolute Gasteiger partial charge is 0.282 e. The minimum Gasteiger partial charge on any atom is -0.282 e. The monoisotopic (exact) mass is 484 g/mol. The number of halogens is 1. The molecule has 0 unspecified atom stereocenters. The van der Waals surface area contributed by atoms with Crippen LogP contribution < -0.4 is 0 Å². The maximum absolute atomic E-state index is 14.5. The first-order valence-electron chi connectivity index (χ1n) is 10.5. The van der Waals surface area contributed by atoms with E-state index in [1.165, 1.54) is 23.9 Å². The molecule has 34 heavy (non-hydrogen) atoms. The molecule has 0 aliphatic rings. The van der Waals surface area contributed by atoms with Crippen molar-refractivity contribution in [3.8, 4) is 22.3 Å². The zero-order valence-electron chi connectivity index (χ0n) is 18.5. The van der Waals surface area contributed by atoms with Crippen LogP contribution in [0.25, 0.3) is 33.0 Å². The Kier molecular flexibility index (Phi) is 7.15. The van der Waals surface area contributed by atoms with Crippen LogP contribution in [0.15, 0.2) is 113 Å². The number of carbonyl (C=O) groups excluding carboxylic acids is 2. The lowest BCUT2D eigenvalue weighted by molar-refractivity contribution is -0.108. The molecule has 0 heterocycles. The van der Waals surface area contributed by atoms with Crippen molar-refractivity contribution in [2.24, 2.45) is 0 Å². The highest BCUT2D eigenvalue weighted by Gasteiger charge is 2.10. The molecule has 4 aromatic rings. The molecule has 0 fully saturated rings. The van der Waals surface area contributed by atoms with Crippen molar-refractivity contribution in [3.05, 3.63) is 109 Å². The first kappa shape index (κ1) is 23.7. The molecule has 4 rings (SSSR count). The van der Waals surface area contributed by atoms with Crippen LogP contribution in [0.2, 0.25) is 0 Å². The van der Waals surface area contributed by atoms with Gasteiger partial charge in [0, 0.05) is 4.90 Å². The first-order valence-corrected chi connectivity index (χ1v) is 12.1. The van der Waals surface area contributed by atoms with Crippen molar-refractivity contribution >= 4 is 44.5 Å². The third-order valence-electron chi connectivity index (χ3n) is 5.23. The van der Waals surface area contributed by atoms with Gasteiger partial charge in [-0.05, 0) is 112 Å². The summed E-state index contributed by atoms with van der Waals surface area (Å²) in [4.78, 5) is 24.5. The summed E-state index contributed by atoms with van der Waals surface area (Å²) in [5.41, 5.74) is 4.30. The second kappa shape index (κ2) is 10.2. The summed E-state index contributed by atoms with van der Waals surface area (Å²) < 4.78 is 14.5. The molecule has 0 aliphatic heterocycles. The number of rotatable bonds is 6. The van der Waals surface area contributed by atoms with Crippen LogP contribution in [-0.2, 0) is 9.59 Å². The maximum Gasteiger partial charge on any atom is 0.219 e. The van der Waals surface area contributed by atoms with Crippen LogP contribution in [-0.4, -0.2) is 10.2 Å². The highest BCUT2D eigenvalue weighted by Crippen LogP contribution is 2.32. The molecular formula is C29H21FO2S2. The van der Waals surface area contributed by atoms with Gasteiger partial charge in [-0.3, -0.25) is 9.59 Å². The highest BCUT2D eigenvalue weighted by molar-refractivity contribution is 8.14. The van der Waals surface area contributed by atoms with Crippen LogP contribution >= 0.6 is 23.5 Å². The molecule has 0 aromatic heterocycles. The van der Waals surface area contributed by atoms with Gasteiger partial charge in [-0.25, -0.2) is 4.39 Å². The quantitative estimate of drug-likeness (QED) is 0.204. The smallest absolute Gasteiger partial charge is 0.219 e. The summed E-state index contributed by atoms with van der Waals surface area (Å²) in [6, 6.07) is 25.0. The van der Waals surface area contributed by atoms with E-state index in [2.05, 4.69) is 25.3 Å². The van der Waals surface area contributed by atoms with Crippen molar-refractivity contribution < 1.29 is 14.0 Å². The summed E-state index contributed by atoms with van der Waals surface area (Å²) in [5.74, 6) is -0.431. The number of thioether (sulfide) groups is 2. The molecule has 0 saturated heterocycles. The molecule has 168 valence electrons. The lowest BCUT2D eigenvalue weighted by Crippen LogP contribution is -1.90. The van der Waals surface area contributed by atoms with E-state index >= 15 is 0 Å². The van der Waals surface area contributed by atoms with Crippen LogP contribution in [0.1, 0.15) is 6.92 Å². The average molecular weight is 485 g/mol. The molecule has 5 heteroatoms. The summed E-state index contributed by atoms with van der Waals surface area (Å²) in [5, 5.41) is 1.79. The maximum atomic E-state index is 14.5. The minimum atomic E-state index is -0.431. The molecule has 0 N–H and O–H groups in total. The number of hydrogen-bond donors (Lipinski definition) is 0. The van der Waals surface area contributed by atoms with Gasteiger partial charge in [-0.1, -0.05) is 55.6 Å². The normalized spacial score (nSPS) is 10.8. The van der Waals surface area contributed by atoms with Crippen LogP contribution in [0, 0.1) is 5.82 Å². The Bertz CT molecular complexity index is 1440. The molecule has 0 atom stereocenters. The number of hydrogen-bond acceptors (Lipinski definition) is 4. The van der Waals surface area contributed by atoms with Crippen molar-refractivity contribution in [1.29, 1.82) is 0 Å². The fraction of sp³-hybridized carbons (Fsp3) is 0.0345. The van der Waals surface area contributed by atoms with E-state index < -0.39 is 5.82 Å². The first-order chi connectivity index (χ1) is 16.3. The Morgan fingerprint density at radius 3 is 1.85 bits per heavy atom. The molecule has 2 nitrogen and oxygen atoms in total. The Labute approximate surface area is 206 Å². The van der Waals surface area contributed by atoms with E-state index in [0.717, 1.165) is 49.7 Å². The van der Waals surface area contributed by atoms with E-state index in [-0.39, 0.29) is 15.1 Å². The Hall–Kier alpha value is -3.41. The SMILES string of the molecule is C=CC(=O)Sc1ccc(-c2ccc3cc(-c4ccc(SC(=O)C(=C)C)cc4)ccc3c2)cc1F. The van der Waals surface area contributed by atoms with E-state index in [1.54, 1.807) is 13.0 Å². The molecular weight excluding hydrogens is 463 g/mol. The minimum absolute atomic E-state index is 0.0345. The molecule has 0 radical (unpaired) electrons. The third-order valence-corrected chi connectivity index (χ3v) is 7.19. The number of carbonyl (C=O) groups is 2. The van der Waals surface area contributed by atoms with Gasteiger partial charge < -0.3 is 0 Å². The van der Waals surface area contributed by atoms with Crippen LogP contribution in [0.3, 0.4) is 0 Å². The summed E-state index contributed by atoms with van der Waals surface area (Å²) in [6.45, 7) is 8.81. The molecule has 4 aromatic carbocycles. The van der Waals surface area contributed by atoms with Crippen molar-refractivity contribution in [1.82, 2.24) is 0 Å². The zero-order valence-corrected chi connectivity index (χ0v) is 20.1. The van der Waals surface area contributed by atoms with Crippen LogP contribution in [0.5, 0.6) is 0 Å². The van der Waals surface area contributed by atoms with Gasteiger partial charge >= 0.3 is 0 Å². The Balaban J connectivity index is 1.57. The van der Waals surface area contributed by atoms with Crippen molar-refractivity contribution in [2.75, 3.05) is 0 Å². The van der Waals surface area contributed by atoms with E-state index in [9.17, 15) is 14.0 Å². The molecule has 0 aliphatic carbocycles. The standard InChI is InChI=1S/C29H21FO2S2/c1-4-28(31)34-27-14-11-24(17-26(27)30)23-8-7-21-15-20(5-6-22(21)16-23)19-9-12-25(13-10-19)33-29(32)18(2)3/h4-17H,1-2H2,3H3. The van der Waals surface area contributed by atoms with E-state index in [1.807, 2.05) is 54.6 Å². The topological polar surface area (TPSA) is 34.1 Å². The van der Waals surface area contributed by atoms with Gasteiger partial charge in [0.25, 0.3) is 0 Å². The van der Waals surface area contributed by atoms with Gasteiger partial charge in [0.05, 0.1) is 4.90 Å². The Morgan fingerprint density at radius 1 is 0.765 bits per heavy atom. The van der Waals surface area contributed by atoms with Gasteiger partial charge in [0.15, 0.2) is 0 Å². The highest BCUT2D eigenvalue weighted by atomic mass is 32.2. The lowest BCUT2D eigenvalue weighted by atomic mass is 9.98. The van der Waals surface area contributed by atoms with Gasteiger partial charge in [0.1, 0.15) is 5.82 Å². The molecule has 0 spiro atoms. The Morgan fingerprint density at radius 2 is 1.29 bits per heavy atom. The predicted molar refractivity (Wildman–Crippen MR) is 142 cm³/mol. The van der Waals surface area contributed by atoms with Crippen molar-refractivity contribution in [2.45, 2.75) is 16.7 Å². The van der Waals surface area contributed by atoms with Gasteiger partial charge in [-0.15, -0.1) is 0 Å². The third kappa shape index (κ3) is 5.38. The van der Waals surface area contributed by atoms with Gasteiger partial charge in [0.2, 0.25) is 10.2 Å². The summed E-state index contributed by atoms with van der Waals surface area (Å²) in [7, 11) is 0. The van der Waals surface area contributed by atoms with Crippen LogP contribution in [0.4, 0.5) is 4.39 Å². The fourth-order valence-corrected chi connectivity index (χ4v) is 4.68.